The molecule has 0 unspecified atom stereocenters. The van der Waals surface area contributed by atoms with Crippen LogP contribution < -0.4 is 5.32 Å². The standard InChI is InChI=1S/C17H20N4/c1-18-9-13-2-5-17-14(8-13)6-7-20(17)11-16-10-19-12-21(16)15-3-4-15/h2,5-8,10,12,15,18H,3-4,9,11H2,1H3. The summed E-state index contributed by atoms with van der Waals surface area (Å²) in [7, 11) is 1.98. The van der Waals surface area contributed by atoms with Gasteiger partial charge in [0.15, 0.2) is 0 Å². The quantitative estimate of drug-likeness (QED) is 0.780. The van der Waals surface area contributed by atoms with Gasteiger partial charge in [0.05, 0.1) is 18.6 Å². The molecule has 1 aromatic carbocycles. The molecule has 2 aromatic heterocycles. The van der Waals surface area contributed by atoms with Gasteiger partial charge in [0.2, 0.25) is 0 Å². The highest BCUT2D eigenvalue weighted by atomic mass is 15.1. The van der Waals surface area contributed by atoms with Crippen LogP contribution >= 0.6 is 0 Å². The van der Waals surface area contributed by atoms with Gasteiger partial charge < -0.3 is 14.5 Å². The van der Waals surface area contributed by atoms with Crippen molar-refractivity contribution in [2.24, 2.45) is 0 Å². The molecule has 21 heavy (non-hydrogen) atoms. The third kappa shape index (κ3) is 2.36. The topological polar surface area (TPSA) is 34.8 Å². The zero-order chi connectivity index (χ0) is 14.2. The summed E-state index contributed by atoms with van der Waals surface area (Å²) in [6, 6.07) is 9.58. The summed E-state index contributed by atoms with van der Waals surface area (Å²) in [5, 5.41) is 4.51. The van der Waals surface area contributed by atoms with Gasteiger partial charge in [-0.3, -0.25) is 0 Å². The van der Waals surface area contributed by atoms with Crippen molar-refractivity contribution in [2.75, 3.05) is 7.05 Å². The maximum Gasteiger partial charge on any atom is 0.0951 e. The van der Waals surface area contributed by atoms with Crippen LogP contribution in [0.4, 0.5) is 0 Å². The number of imidazole rings is 1. The van der Waals surface area contributed by atoms with Crippen molar-refractivity contribution >= 4 is 10.9 Å². The first-order valence-corrected chi connectivity index (χ1v) is 7.58. The Morgan fingerprint density at radius 2 is 2.19 bits per heavy atom. The van der Waals surface area contributed by atoms with Crippen molar-refractivity contribution in [3.63, 3.8) is 0 Å². The molecule has 0 spiro atoms. The van der Waals surface area contributed by atoms with Crippen LogP contribution in [0, 0.1) is 0 Å². The fourth-order valence-electron chi connectivity index (χ4n) is 3.01. The maximum atomic E-state index is 4.32. The van der Waals surface area contributed by atoms with E-state index in [1.807, 2.05) is 19.6 Å². The summed E-state index contributed by atoms with van der Waals surface area (Å²) in [4.78, 5) is 4.32. The first-order chi connectivity index (χ1) is 10.3. The van der Waals surface area contributed by atoms with E-state index in [-0.39, 0.29) is 0 Å². The largest absolute Gasteiger partial charge is 0.341 e. The minimum absolute atomic E-state index is 0.687. The van der Waals surface area contributed by atoms with E-state index >= 15 is 0 Å². The third-order valence-electron chi connectivity index (χ3n) is 4.24. The highest BCUT2D eigenvalue weighted by molar-refractivity contribution is 5.81. The van der Waals surface area contributed by atoms with E-state index in [0.717, 1.165) is 13.1 Å². The minimum Gasteiger partial charge on any atom is -0.341 e. The second-order valence-electron chi connectivity index (χ2n) is 5.89. The minimum atomic E-state index is 0.687. The number of nitrogens with one attached hydrogen (secondary N) is 1. The summed E-state index contributed by atoms with van der Waals surface area (Å²) < 4.78 is 4.65. The Morgan fingerprint density at radius 3 is 3.00 bits per heavy atom. The molecule has 0 atom stereocenters. The molecule has 0 bridgehead atoms. The van der Waals surface area contributed by atoms with Gasteiger partial charge >= 0.3 is 0 Å². The van der Waals surface area contributed by atoms with Gasteiger partial charge in [-0.15, -0.1) is 0 Å². The fourth-order valence-corrected chi connectivity index (χ4v) is 3.01. The van der Waals surface area contributed by atoms with Crippen molar-refractivity contribution in [2.45, 2.75) is 32.0 Å². The SMILES string of the molecule is CNCc1ccc2c(ccn2Cc2cncn2C2CC2)c1. The van der Waals surface area contributed by atoms with Crippen LogP contribution in [-0.4, -0.2) is 21.2 Å². The number of fused-ring (bicyclic) bond motifs is 1. The van der Waals surface area contributed by atoms with E-state index in [2.05, 4.69) is 49.9 Å². The van der Waals surface area contributed by atoms with E-state index in [1.165, 1.54) is 35.0 Å². The summed E-state index contributed by atoms with van der Waals surface area (Å²) in [5.74, 6) is 0. The van der Waals surface area contributed by atoms with Crippen LogP contribution in [0.2, 0.25) is 0 Å². The average molecular weight is 280 g/mol. The smallest absolute Gasteiger partial charge is 0.0951 e. The maximum absolute atomic E-state index is 4.32. The van der Waals surface area contributed by atoms with Crippen LogP contribution in [0.15, 0.2) is 43.0 Å². The van der Waals surface area contributed by atoms with Gasteiger partial charge in [0.1, 0.15) is 0 Å². The Hall–Kier alpha value is -2.07. The van der Waals surface area contributed by atoms with Gasteiger partial charge in [-0.25, -0.2) is 4.98 Å². The lowest BCUT2D eigenvalue weighted by atomic mass is 10.1. The van der Waals surface area contributed by atoms with Crippen molar-refractivity contribution in [3.8, 4) is 0 Å². The highest BCUT2D eigenvalue weighted by Gasteiger charge is 2.25. The molecular formula is C17H20N4. The van der Waals surface area contributed by atoms with Gasteiger partial charge in [-0.2, -0.15) is 0 Å². The predicted molar refractivity (Wildman–Crippen MR) is 84.3 cm³/mol. The zero-order valence-corrected chi connectivity index (χ0v) is 12.3. The van der Waals surface area contributed by atoms with E-state index in [9.17, 15) is 0 Å². The highest BCUT2D eigenvalue weighted by Crippen LogP contribution is 2.35. The molecule has 3 aromatic rings. The van der Waals surface area contributed by atoms with Crippen molar-refractivity contribution < 1.29 is 0 Å². The van der Waals surface area contributed by atoms with Gasteiger partial charge in [0.25, 0.3) is 0 Å². The number of hydrogen-bond donors (Lipinski definition) is 1. The molecule has 1 saturated carbocycles. The fraction of sp³-hybridized carbons (Fsp3) is 0.353. The molecule has 4 nitrogen and oxygen atoms in total. The molecule has 108 valence electrons. The van der Waals surface area contributed by atoms with E-state index < -0.39 is 0 Å². The Kier molecular flexibility index (Phi) is 3.04. The summed E-state index contributed by atoms with van der Waals surface area (Å²) >= 11 is 0. The Balaban J connectivity index is 1.65. The monoisotopic (exact) mass is 280 g/mol. The summed E-state index contributed by atoms with van der Waals surface area (Å²) in [6.07, 6.45) is 8.74. The normalized spacial score (nSPS) is 14.9. The van der Waals surface area contributed by atoms with Crippen molar-refractivity contribution in [1.82, 2.24) is 19.4 Å². The molecule has 0 saturated heterocycles. The van der Waals surface area contributed by atoms with Gasteiger partial charge in [-0.1, -0.05) is 6.07 Å². The van der Waals surface area contributed by atoms with Crippen LogP contribution in [0.1, 0.15) is 30.1 Å². The molecule has 0 aliphatic heterocycles. The Labute approximate surface area is 124 Å². The van der Waals surface area contributed by atoms with Crippen LogP contribution in [0.3, 0.4) is 0 Å². The molecule has 0 amide bonds. The second-order valence-corrected chi connectivity index (χ2v) is 5.89. The molecule has 4 rings (SSSR count). The molecule has 1 aliphatic rings. The molecular weight excluding hydrogens is 260 g/mol. The number of rotatable bonds is 5. The van der Waals surface area contributed by atoms with Crippen LogP contribution in [-0.2, 0) is 13.1 Å². The molecule has 2 heterocycles. The number of nitrogens with zero attached hydrogens (tertiary/aromatic N) is 3. The second kappa shape index (κ2) is 5.04. The molecule has 1 fully saturated rings. The molecule has 1 aliphatic carbocycles. The van der Waals surface area contributed by atoms with Crippen molar-refractivity contribution in [3.05, 3.63) is 54.2 Å². The summed E-state index contributed by atoms with van der Waals surface area (Å²) in [5.41, 5.74) is 3.92. The van der Waals surface area contributed by atoms with E-state index in [0.29, 0.717) is 6.04 Å². The lowest BCUT2D eigenvalue weighted by molar-refractivity contribution is 0.665. The summed E-state index contributed by atoms with van der Waals surface area (Å²) in [6.45, 7) is 1.81. The number of benzene rings is 1. The lowest BCUT2D eigenvalue weighted by Gasteiger charge is -2.09. The predicted octanol–water partition coefficient (Wildman–Crippen LogP) is 2.94. The molecule has 0 radical (unpaired) electrons. The van der Waals surface area contributed by atoms with Crippen LogP contribution in [0.5, 0.6) is 0 Å². The van der Waals surface area contributed by atoms with Gasteiger partial charge in [-0.05, 0) is 49.0 Å². The Bertz CT molecular complexity index is 764. The van der Waals surface area contributed by atoms with Crippen molar-refractivity contribution in [1.29, 1.82) is 0 Å². The number of hydrogen-bond acceptors (Lipinski definition) is 2. The third-order valence-corrected chi connectivity index (χ3v) is 4.24. The first-order valence-electron chi connectivity index (χ1n) is 7.58. The lowest BCUT2D eigenvalue weighted by Crippen LogP contribution is -2.06. The molecule has 1 N–H and O–H groups in total. The van der Waals surface area contributed by atoms with E-state index in [4.69, 9.17) is 0 Å². The first kappa shape index (κ1) is 12.7. The van der Waals surface area contributed by atoms with Gasteiger partial charge in [0, 0.05) is 30.5 Å². The number of aromatic nitrogens is 3. The van der Waals surface area contributed by atoms with E-state index in [1.54, 1.807) is 0 Å². The zero-order valence-electron chi connectivity index (χ0n) is 12.3. The molecule has 4 heteroatoms. The average Bonchev–Trinajstić information content (AvgIpc) is 3.11. The van der Waals surface area contributed by atoms with Crippen LogP contribution in [0.25, 0.3) is 10.9 Å². The Morgan fingerprint density at radius 1 is 1.29 bits per heavy atom.